The fourth-order valence-electron chi connectivity index (χ4n) is 2.85. The van der Waals surface area contributed by atoms with E-state index < -0.39 is 0 Å². The van der Waals surface area contributed by atoms with Crippen LogP contribution in [0.3, 0.4) is 0 Å². The summed E-state index contributed by atoms with van der Waals surface area (Å²) in [6, 6.07) is 3.85. The number of nitrogens with one attached hydrogen (secondary N) is 1. The van der Waals surface area contributed by atoms with Crippen molar-refractivity contribution in [1.82, 2.24) is 10.4 Å². The largest absolute Gasteiger partial charge is 0.493 e. The zero-order valence-corrected chi connectivity index (χ0v) is 16.1. The van der Waals surface area contributed by atoms with Crippen LogP contribution in [0.15, 0.2) is 12.1 Å². The average molecular weight is 378 g/mol. The molecule has 2 heterocycles. The molecule has 0 unspecified atom stereocenters. The number of rotatable bonds is 7. The number of carbonyl (C=O) groups excluding carboxylic acids is 2. The second-order valence-corrected chi connectivity index (χ2v) is 7.39. The predicted octanol–water partition coefficient (Wildman–Crippen LogP) is 2.72. The number of hydrogen-bond donors (Lipinski definition) is 1. The van der Waals surface area contributed by atoms with Gasteiger partial charge in [0, 0.05) is 40.8 Å². The molecule has 8 heteroatoms. The fraction of sp³-hybridized carbons (Fsp3) is 0.444. The van der Waals surface area contributed by atoms with Gasteiger partial charge in [-0.2, -0.15) is 5.48 Å². The van der Waals surface area contributed by atoms with Gasteiger partial charge in [0.05, 0.1) is 25.5 Å². The summed E-state index contributed by atoms with van der Waals surface area (Å²) in [5, 5.41) is 0.988. The SMILES string of the molecule is COc1cc2sc3c(c2cc1OC)CN(CCC(=O)ONC(C)C)C3=O. The van der Waals surface area contributed by atoms with Crippen LogP contribution in [0.5, 0.6) is 11.5 Å². The Kier molecular flexibility index (Phi) is 5.33. The first-order valence-corrected chi connectivity index (χ1v) is 9.18. The lowest BCUT2D eigenvalue weighted by Gasteiger charge is -2.16. The number of benzene rings is 1. The maximum absolute atomic E-state index is 12.7. The van der Waals surface area contributed by atoms with E-state index in [9.17, 15) is 9.59 Å². The Bertz CT molecular complexity index is 846. The van der Waals surface area contributed by atoms with E-state index in [0.717, 1.165) is 15.6 Å². The van der Waals surface area contributed by atoms with Gasteiger partial charge in [0.25, 0.3) is 5.91 Å². The maximum Gasteiger partial charge on any atom is 0.326 e. The molecule has 3 rings (SSSR count). The number of hydroxylamine groups is 1. The van der Waals surface area contributed by atoms with Gasteiger partial charge in [-0.3, -0.25) is 9.59 Å². The third-order valence-electron chi connectivity index (χ3n) is 4.12. The molecule has 0 radical (unpaired) electrons. The molecule has 1 aromatic heterocycles. The first-order valence-electron chi connectivity index (χ1n) is 8.36. The molecule has 0 bridgehead atoms. The summed E-state index contributed by atoms with van der Waals surface area (Å²) < 4.78 is 11.7. The van der Waals surface area contributed by atoms with Crippen LogP contribution < -0.4 is 15.0 Å². The van der Waals surface area contributed by atoms with Crippen molar-refractivity contribution < 1.29 is 23.9 Å². The van der Waals surface area contributed by atoms with E-state index in [1.54, 1.807) is 19.1 Å². The van der Waals surface area contributed by atoms with Crippen molar-refractivity contribution in [3.63, 3.8) is 0 Å². The summed E-state index contributed by atoms with van der Waals surface area (Å²) >= 11 is 1.44. The molecule has 0 atom stereocenters. The van der Waals surface area contributed by atoms with Crippen molar-refractivity contribution in [2.24, 2.45) is 0 Å². The van der Waals surface area contributed by atoms with E-state index in [4.69, 9.17) is 14.3 Å². The van der Waals surface area contributed by atoms with Crippen LogP contribution in [0.1, 0.15) is 35.5 Å². The van der Waals surface area contributed by atoms with Gasteiger partial charge < -0.3 is 19.2 Å². The van der Waals surface area contributed by atoms with Crippen LogP contribution in [-0.2, 0) is 16.2 Å². The third kappa shape index (κ3) is 3.47. The lowest BCUT2D eigenvalue weighted by molar-refractivity contribution is -0.152. The molecular formula is C18H22N2O5S. The van der Waals surface area contributed by atoms with Crippen molar-refractivity contribution in [3.05, 3.63) is 22.6 Å². The fourth-order valence-corrected chi connectivity index (χ4v) is 4.04. The number of nitrogens with zero attached hydrogens (tertiary/aromatic N) is 1. The first kappa shape index (κ1) is 18.5. The van der Waals surface area contributed by atoms with Crippen molar-refractivity contribution in [2.45, 2.75) is 32.9 Å². The molecule has 140 valence electrons. The van der Waals surface area contributed by atoms with Gasteiger partial charge >= 0.3 is 5.97 Å². The van der Waals surface area contributed by atoms with Crippen LogP contribution in [0.4, 0.5) is 0 Å². The predicted molar refractivity (Wildman–Crippen MR) is 98.7 cm³/mol. The number of amides is 1. The van der Waals surface area contributed by atoms with Gasteiger partial charge in [-0.25, -0.2) is 0 Å². The highest BCUT2D eigenvalue weighted by molar-refractivity contribution is 7.21. The number of thiophene rings is 1. The van der Waals surface area contributed by atoms with Gasteiger partial charge in [0.2, 0.25) is 0 Å². The molecule has 0 fully saturated rings. The molecule has 26 heavy (non-hydrogen) atoms. The summed E-state index contributed by atoms with van der Waals surface area (Å²) in [5.41, 5.74) is 3.59. The molecule has 0 spiro atoms. The number of methoxy groups -OCH3 is 2. The highest BCUT2D eigenvalue weighted by atomic mass is 32.1. The summed E-state index contributed by atoms with van der Waals surface area (Å²) in [6.07, 6.45) is 0.148. The first-order chi connectivity index (χ1) is 12.4. The van der Waals surface area contributed by atoms with Gasteiger partial charge in [-0.1, -0.05) is 0 Å². The number of carbonyl (C=O) groups is 2. The second kappa shape index (κ2) is 7.51. The Morgan fingerprint density at radius 1 is 1.27 bits per heavy atom. The molecule has 0 aliphatic carbocycles. The van der Waals surface area contributed by atoms with Crippen molar-refractivity contribution >= 4 is 33.3 Å². The van der Waals surface area contributed by atoms with Gasteiger partial charge in [0.1, 0.15) is 0 Å². The van der Waals surface area contributed by atoms with Crippen molar-refractivity contribution in [2.75, 3.05) is 20.8 Å². The second-order valence-electron chi connectivity index (χ2n) is 6.34. The monoisotopic (exact) mass is 378 g/mol. The number of hydrogen-bond acceptors (Lipinski definition) is 7. The lowest BCUT2D eigenvalue weighted by atomic mass is 10.1. The van der Waals surface area contributed by atoms with Crippen molar-refractivity contribution in [3.8, 4) is 11.5 Å². The molecule has 0 saturated carbocycles. The Morgan fingerprint density at radius 2 is 1.96 bits per heavy atom. The summed E-state index contributed by atoms with van der Waals surface area (Å²) in [6.45, 7) is 4.57. The van der Waals surface area contributed by atoms with Crippen LogP contribution in [-0.4, -0.2) is 43.6 Å². The zero-order valence-electron chi connectivity index (χ0n) is 15.3. The minimum absolute atomic E-state index is 0.0521. The number of fused-ring (bicyclic) bond motifs is 3. The van der Waals surface area contributed by atoms with E-state index in [2.05, 4.69) is 5.48 Å². The van der Waals surface area contributed by atoms with Crippen LogP contribution in [0, 0.1) is 0 Å². The van der Waals surface area contributed by atoms with Crippen LogP contribution in [0.25, 0.3) is 10.1 Å². The molecule has 1 aliphatic heterocycles. The quantitative estimate of drug-likeness (QED) is 0.747. The topological polar surface area (TPSA) is 77.1 Å². The van der Waals surface area contributed by atoms with E-state index in [0.29, 0.717) is 29.5 Å². The van der Waals surface area contributed by atoms with Gasteiger partial charge in [-0.15, -0.1) is 11.3 Å². The molecule has 1 N–H and O–H groups in total. The molecule has 1 aromatic carbocycles. The summed E-state index contributed by atoms with van der Waals surface area (Å²) in [7, 11) is 3.18. The molecule has 2 aromatic rings. The molecule has 7 nitrogen and oxygen atoms in total. The molecular weight excluding hydrogens is 356 g/mol. The minimum Gasteiger partial charge on any atom is -0.493 e. The molecule has 1 amide bonds. The third-order valence-corrected chi connectivity index (χ3v) is 5.30. The summed E-state index contributed by atoms with van der Waals surface area (Å²) in [5.74, 6) is 0.848. The molecule has 0 saturated heterocycles. The van der Waals surface area contributed by atoms with E-state index in [-0.39, 0.29) is 24.3 Å². The summed E-state index contributed by atoms with van der Waals surface area (Å²) in [4.78, 5) is 31.7. The maximum atomic E-state index is 12.7. The standard InChI is InChI=1S/C18H22N2O5S/c1-10(2)19-25-16(21)5-6-20-9-12-11-7-13(23-3)14(24-4)8-15(11)26-17(12)18(20)22/h7-8,10,19H,5-6,9H2,1-4H3. The lowest BCUT2D eigenvalue weighted by Crippen LogP contribution is -2.30. The van der Waals surface area contributed by atoms with Crippen LogP contribution in [0.2, 0.25) is 0 Å². The zero-order chi connectivity index (χ0) is 18.8. The van der Waals surface area contributed by atoms with Crippen molar-refractivity contribution in [1.29, 1.82) is 0 Å². The highest BCUT2D eigenvalue weighted by Crippen LogP contribution is 2.42. The Balaban J connectivity index is 1.74. The van der Waals surface area contributed by atoms with E-state index in [1.165, 1.54) is 11.3 Å². The highest BCUT2D eigenvalue weighted by Gasteiger charge is 2.32. The average Bonchev–Trinajstić information content (AvgIpc) is 3.13. The van der Waals surface area contributed by atoms with Gasteiger partial charge in [0.15, 0.2) is 11.5 Å². The Morgan fingerprint density at radius 3 is 2.62 bits per heavy atom. The molecule has 1 aliphatic rings. The van der Waals surface area contributed by atoms with Gasteiger partial charge in [-0.05, 0) is 19.9 Å². The minimum atomic E-state index is -0.377. The smallest absolute Gasteiger partial charge is 0.326 e. The van der Waals surface area contributed by atoms with Crippen LogP contribution >= 0.6 is 11.3 Å². The normalized spacial score (nSPS) is 13.4. The Hall–Kier alpha value is -2.32. The van der Waals surface area contributed by atoms with E-state index >= 15 is 0 Å². The Labute approximate surface area is 155 Å². The van der Waals surface area contributed by atoms with E-state index in [1.807, 2.05) is 26.0 Å². The number of ether oxygens (including phenoxy) is 2.